The molecule has 1 saturated carbocycles. The highest BCUT2D eigenvalue weighted by Gasteiger charge is 2.59. The van der Waals surface area contributed by atoms with Gasteiger partial charge in [-0.3, -0.25) is 0 Å². The van der Waals surface area contributed by atoms with Gasteiger partial charge >= 0.3 is 0 Å². The molecule has 1 fully saturated rings. The van der Waals surface area contributed by atoms with E-state index in [1.807, 2.05) is 0 Å². The quantitative estimate of drug-likeness (QED) is 0.635. The van der Waals surface area contributed by atoms with Crippen molar-refractivity contribution in [2.24, 2.45) is 0 Å². The molecule has 0 saturated heterocycles. The maximum absolute atomic E-state index is 12.5. The Morgan fingerprint density at radius 2 is 2.25 bits per heavy atom. The second kappa shape index (κ2) is 2.36. The lowest BCUT2D eigenvalue weighted by molar-refractivity contribution is 0.111. The van der Waals surface area contributed by atoms with Gasteiger partial charge in [0, 0.05) is 12.6 Å². The van der Waals surface area contributed by atoms with E-state index in [-0.39, 0.29) is 17.4 Å². The highest BCUT2D eigenvalue weighted by atomic mass is 35.5. The third-order valence-electron chi connectivity index (χ3n) is 1.78. The van der Waals surface area contributed by atoms with Gasteiger partial charge < -0.3 is 0 Å². The van der Waals surface area contributed by atoms with Gasteiger partial charge in [0.15, 0.2) is 0 Å². The van der Waals surface area contributed by atoms with Crippen LogP contribution in [0.2, 0.25) is 5.15 Å². The van der Waals surface area contributed by atoms with Gasteiger partial charge in [-0.25, -0.2) is 18.7 Å². The van der Waals surface area contributed by atoms with Crippen LogP contribution in [0, 0.1) is 0 Å². The first-order chi connectivity index (χ1) is 5.59. The number of nitrogens with zero attached hydrogens (tertiary/aromatic N) is 2. The Labute approximate surface area is 72.6 Å². The Hall–Kier alpha value is -0.770. The highest BCUT2D eigenvalue weighted by Crippen LogP contribution is 2.54. The number of rotatable bonds is 1. The summed E-state index contributed by atoms with van der Waals surface area (Å²) in [5.41, 5.74) is 0. The molecule has 64 valence electrons. The lowest BCUT2D eigenvalue weighted by Crippen LogP contribution is -1.98. The van der Waals surface area contributed by atoms with E-state index >= 15 is 0 Å². The van der Waals surface area contributed by atoms with E-state index in [2.05, 4.69) is 9.97 Å². The molecule has 1 aliphatic rings. The molecule has 1 unspecified atom stereocenters. The van der Waals surface area contributed by atoms with E-state index in [0.717, 1.165) is 0 Å². The van der Waals surface area contributed by atoms with Crippen molar-refractivity contribution in [2.45, 2.75) is 18.3 Å². The highest BCUT2D eigenvalue weighted by molar-refractivity contribution is 6.29. The smallest absolute Gasteiger partial charge is 0.241 e. The van der Waals surface area contributed by atoms with Crippen molar-refractivity contribution in [1.29, 1.82) is 0 Å². The van der Waals surface area contributed by atoms with Crippen molar-refractivity contribution < 1.29 is 8.78 Å². The summed E-state index contributed by atoms with van der Waals surface area (Å²) in [6.45, 7) is 0. The first-order valence-electron chi connectivity index (χ1n) is 3.46. The van der Waals surface area contributed by atoms with Crippen molar-refractivity contribution >= 4 is 11.6 Å². The topological polar surface area (TPSA) is 25.8 Å². The van der Waals surface area contributed by atoms with Crippen LogP contribution in [0.1, 0.15) is 18.2 Å². The van der Waals surface area contributed by atoms with Gasteiger partial charge in [-0.05, 0) is 6.07 Å². The molecule has 0 amide bonds. The van der Waals surface area contributed by atoms with E-state index in [4.69, 9.17) is 11.6 Å². The molecule has 12 heavy (non-hydrogen) atoms. The first-order valence-corrected chi connectivity index (χ1v) is 3.84. The average molecular weight is 191 g/mol. The Morgan fingerprint density at radius 1 is 1.58 bits per heavy atom. The fraction of sp³-hybridized carbons (Fsp3) is 0.429. The van der Waals surface area contributed by atoms with Gasteiger partial charge in [0.1, 0.15) is 11.0 Å². The van der Waals surface area contributed by atoms with Gasteiger partial charge in [-0.2, -0.15) is 0 Å². The van der Waals surface area contributed by atoms with Crippen LogP contribution in [-0.2, 0) is 0 Å². The van der Waals surface area contributed by atoms with Crippen LogP contribution in [0.25, 0.3) is 0 Å². The minimum absolute atomic E-state index is 0.146. The van der Waals surface area contributed by atoms with Gasteiger partial charge in [-0.15, -0.1) is 0 Å². The first kappa shape index (κ1) is 7.86. The molecule has 1 aromatic rings. The molecule has 0 N–H and O–H groups in total. The maximum atomic E-state index is 12.5. The Balaban J connectivity index is 2.26. The Kier molecular flexibility index (Phi) is 1.54. The lowest BCUT2D eigenvalue weighted by Gasteiger charge is -1.96. The molecule has 2 nitrogen and oxygen atoms in total. The summed E-state index contributed by atoms with van der Waals surface area (Å²) in [5.74, 6) is -3.30. The van der Waals surface area contributed by atoms with Crippen LogP contribution < -0.4 is 0 Å². The summed E-state index contributed by atoms with van der Waals surface area (Å²) in [5, 5.41) is 0.211. The number of aromatic nitrogens is 2. The summed E-state index contributed by atoms with van der Waals surface area (Å²) < 4.78 is 25.0. The third-order valence-corrected chi connectivity index (χ3v) is 1.99. The number of hydrogen-bond acceptors (Lipinski definition) is 2. The molecule has 5 heteroatoms. The minimum Gasteiger partial charge on any atom is -0.241 e. The SMILES string of the molecule is FC1(F)CC1c1nccc(Cl)n1. The summed E-state index contributed by atoms with van der Waals surface area (Å²) >= 11 is 5.51. The van der Waals surface area contributed by atoms with Crippen LogP contribution in [-0.4, -0.2) is 15.9 Å². The van der Waals surface area contributed by atoms with Gasteiger partial charge in [0.05, 0.1) is 5.92 Å². The number of halogens is 3. The fourth-order valence-electron chi connectivity index (χ4n) is 1.01. The second-order valence-corrected chi connectivity index (χ2v) is 3.14. The number of alkyl halides is 2. The molecule has 0 aromatic carbocycles. The zero-order valence-electron chi connectivity index (χ0n) is 5.97. The van der Waals surface area contributed by atoms with Crippen LogP contribution in [0.3, 0.4) is 0 Å². The summed E-state index contributed by atoms with van der Waals surface area (Å²) in [4.78, 5) is 7.43. The van der Waals surface area contributed by atoms with Crippen molar-refractivity contribution in [3.05, 3.63) is 23.2 Å². The molecule has 0 bridgehead atoms. The van der Waals surface area contributed by atoms with Crippen molar-refractivity contribution in [3.8, 4) is 0 Å². The summed E-state index contributed by atoms with van der Waals surface area (Å²) in [7, 11) is 0. The minimum atomic E-state index is -2.62. The largest absolute Gasteiger partial charge is 0.259 e. The molecule has 2 rings (SSSR count). The van der Waals surface area contributed by atoms with Crippen LogP contribution >= 0.6 is 11.6 Å². The average Bonchev–Trinajstić information content (AvgIpc) is 2.60. The predicted octanol–water partition coefficient (Wildman–Crippen LogP) is 2.25. The van der Waals surface area contributed by atoms with E-state index in [9.17, 15) is 8.78 Å². The zero-order chi connectivity index (χ0) is 8.77. The Morgan fingerprint density at radius 3 is 2.75 bits per heavy atom. The lowest BCUT2D eigenvalue weighted by atomic mass is 10.4. The zero-order valence-corrected chi connectivity index (χ0v) is 6.72. The van der Waals surface area contributed by atoms with E-state index < -0.39 is 11.8 Å². The molecule has 0 radical (unpaired) electrons. The molecular formula is C7H5ClF2N2. The standard InChI is InChI=1S/C7H5ClF2N2/c8-5-1-2-11-6(12-5)4-3-7(4,9)10/h1-2,4H,3H2. The second-order valence-electron chi connectivity index (χ2n) is 2.76. The molecule has 1 heterocycles. The van der Waals surface area contributed by atoms with Crippen LogP contribution in [0.5, 0.6) is 0 Å². The van der Waals surface area contributed by atoms with Crippen molar-refractivity contribution in [3.63, 3.8) is 0 Å². The monoisotopic (exact) mass is 190 g/mol. The molecule has 0 spiro atoms. The fourth-order valence-corrected chi connectivity index (χ4v) is 1.15. The maximum Gasteiger partial charge on any atom is 0.259 e. The molecular weight excluding hydrogens is 186 g/mol. The van der Waals surface area contributed by atoms with Gasteiger partial charge in [-0.1, -0.05) is 11.6 Å². The molecule has 1 aliphatic carbocycles. The van der Waals surface area contributed by atoms with Crippen molar-refractivity contribution in [1.82, 2.24) is 9.97 Å². The van der Waals surface area contributed by atoms with E-state index in [0.29, 0.717) is 0 Å². The van der Waals surface area contributed by atoms with Crippen LogP contribution in [0.4, 0.5) is 8.78 Å². The predicted molar refractivity (Wildman–Crippen MR) is 39.3 cm³/mol. The van der Waals surface area contributed by atoms with Gasteiger partial charge in [0.2, 0.25) is 0 Å². The molecule has 1 atom stereocenters. The third kappa shape index (κ3) is 1.27. The van der Waals surface area contributed by atoms with Crippen molar-refractivity contribution in [2.75, 3.05) is 0 Å². The van der Waals surface area contributed by atoms with E-state index in [1.54, 1.807) is 0 Å². The van der Waals surface area contributed by atoms with E-state index in [1.165, 1.54) is 12.3 Å². The number of hydrogen-bond donors (Lipinski definition) is 0. The normalized spacial score (nSPS) is 25.4. The summed E-state index contributed by atoms with van der Waals surface area (Å²) in [6.07, 6.45) is 1.23. The van der Waals surface area contributed by atoms with Crippen LogP contribution in [0.15, 0.2) is 12.3 Å². The Bertz CT molecular complexity index is 316. The molecule has 1 aromatic heterocycles. The van der Waals surface area contributed by atoms with Gasteiger partial charge in [0.25, 0.3) is 5.92 Å². The molecule has 0 aliphatic heterocycles. The summed E-state index contributed by atoms with van der Waals surface area (Å²) in [6, 6.07) is 1.46.